The molecule has 0 radical (unpaired) electrons. The highest BCUT2D eigenvalue weighted by Gasteiger charge is 2.23. The summed E-state index contributed by atoms with van der Waals surface area (Å²) in [6, 6.07) is 7.45. The van der Waals surface area contributed by atoms with Crippen molar-refractivity contribution in [1.82, 2.24) is 9.88 Å². The molecule has 176 valence electrons. The number of hydrogen-bond donors (Lipinski definition) is 1. The van der Waals surface area contributed by atoms with E-state index in [1.54, 1.807) is 35.6 Å². The Morgan fingerprint density at radius 2 is 2.03 bits per heavy atom. The lowest BCUT2D eigenvalue weighted by molar-refractivity contribution is -0.111. The summed E-state index contributed by atoms with van der Waals surface area (Å²) in [4.78, 5) is 33.1. The van der Waals surface area contributed by atoms with Crippen LogP contribution >= 0.6 is 11.3 Å². The van der Waals surface area contributed by atoms with Crippen LogP contribution in [0.5, 0.6) is 0 Å². The van der Waals surface area contributed by atoms with Crippen molar-refractivity contribution in [2.45, 2.75) is 37.8 Å². The summed E-state index contributed by atoms with van der Waals surface area (Å²) >= 11 is 1.60. The highest BCUT2D eigenvalue weighted by molar-refractivity contribution is 7.19. The summed E-state index contributed by atoms with van der Waals surface area (Å²) in [5.74, 6) is -0.297. The van der Waals surface area contributed by atoms with Gasteiger partial charge in [0, 0.05) is 50.6 Å². The number of benzene rings is 1. The monoisotopic (exact) mass is 468 g/mol. The summed E-state index contributed by atoms with van der Waals surface area (Å²) < 4.78 is 5.47. The minimum absolute atomic E-state index is 0.0180. The van der Waals surface area contributed by atoms with Gasteiger partial charge in [0.2, 0.25) is 5.91 Å². The molecule has 1 aromatic carbocycles. The summed E-state index contributed by atoms with van der Waals surface area (Å²) in [5, 5.41) is 9.43. The quantitative estimate of drug-likeness (QED) is 0.616. The first kappa shape index (κ1) is 23.3. The average Bonchev–Trinajstić information content (AvgIpc) is 3.32. The van der Waals surface area contributed by atoms with Gasteiger partial charge in [-0.2, -0.15) is 0 Å². The topological polar surface area (TPSA) is 88.9 Å². The van der Waals surface area contributed by atoms with E-state index in [1.165, 1.54) is 6.08 Å². The molecule has 3 heterocycles. The molecule has 0 spiro atoms. The fourth-order valence-corrected chi connectivity index (χ4v) is 5.10. The maximum Gasteiger partial charge on any atom is 0.253 e. The molecule has 33 heavy (non-hydrogen) atoms. The van der Waals surface area contributed by atoms with Gasteiger partial charge in [-0.15, -0.1) is 11.3 Å². The van der Waals surface area contributed by atoms with Gasteiger partial charge < -0.3 is 30.2 Å². The lowest BCUT2D eigenvalue weighted by Gasteiger charge is -2.36. The number of piperidine rings is 1. The van der Waals surface area contributed by atoms with Gasteiger partial charge in [0.1, 0.15) is 0 Å². The van der Waals surface area contributed by atoms with Crippen molar-refractivity contribution in [3.8, 4) is 0 Å². The first-order valence-corrected chi connectivity index (χ1v) is 12.1. The number of likely N-dealkylation sites (tertiary alicyclic amines) is 1. The zero-order valence-electron chi connectivity index (χ0n) is 18.9. The number of ether oxygens (including phenoxy) is 1. The number of carbonyl (C=O) groups is 2. The van der Waals surface area contributed by atoms with Crippen molar-refractivity contribution in [2.75, 3.05) is 43.6 Å². The standard InChI is InChI=1S/C24H31N5O3S/c1-3-21(30)26-18-8-6-17(7-9-18)23(31)29-12-4-5-19(16-29)27-24-25-15-22(33-24)28(2)20-10-13-32-14-11-20/h3,6-9,15,19-20H,1,4-5,10-14,16H2,2H3,(H2,25,26,27,30,31)/p-1. The third-order valence-corrected chi connectivity index (χ3v) is 7.12. The molecule has 2 saturated heterocycles. The molecule has 2 amide bonds. The van der Waals surface area contributed by atoms with Gasteiger partial charge in [-0.1, -0.05) is 6.58 Å². The molecule has 1 unspecified atom stereocenters. The molecule has 0 bridgehead atoms. The molecule has 0 aliphatic carbocycles. The van der Waals surface area contributed by atoms with Crippen molar-refractivity contribution in [3.05, 3.63) is 54.0 Å². The van der Waals surface area contributed by atoms with E-state index in [2.05, 4.69) is 28.8 Å². The van der Waals surface area contributed by atoms with E-state index in [0.29, 0.717) is 23.8 Å². The van der Waals surface area contributed by atoms with Gasteiger partial charge in [0.05, 0.1) is 5.00 Å². The fraction of sp³-hybridized carbons (Fsp3) is 0.458. The van der Waals surface area contributed by atoms with Crippen LogP contribution in [0.3, 0.4) is 0 Å². The SMILES string of the molecule is C=CC(=O)Nc1ccc(C(=O)N2CCCC([N-]c3ncc(N(C)C4CCOCC4)s3)C2)cc1. The minimum atomic E-state index is -0.279. The van der Waals surface area contributed by atoms with Crippen LogP contribution in [0.2, 0.25) is 0 Å². The van der Waals surface area contributed by atoms with Gasteiger partial charge in [-0.3, -0.25) is 9.59 Å². The van der Waals surface area contributed by atoms with Gasteiger partial charge in [-0.05, 0) is 73.4 Å². The Hall–Kier alpha value is -2.91. The van der Waals surface area contributed by atoms with Gasteiger partial charge in [0.25, 0.3) is 5.91 Å². The number of hydrogen-bond acceptors (Lipinski definition) is 6. The molecule has 2 aliphatic heterocycles. The van der Waals surface area contributed by atoms with Gasteiger partial charge in [-0.25, -0.2) is 0 Å². The van der Waals surface area contributed by atoms with E-state index in [0.717, 1.165) is 55.6 Å². The maximum atomic E-state index is 13.0. The molecule has 9 heteroatoms. The Kier molecular flexibility index (Phi) is 7.61. The molecule has 2 fully saturated rings. The van der Waals surface area contributed by atoms with Crippen molar-refractivity contribution in [3.63, 3.8) is 0 Å². The second-order valence-corrected chi connectivity index (χ2v) is 9.37. The smallest absolute Gasteiger partial charge is 0.253 e. The van der Waals surface area contributed by atoms with E-state index < -0.39 is 0 Å². The molecule has 1 atom stereocenters. The van der Waals surface area contributed by atoms with E-state index in [-0.39, 0.29) is 17.9 Å². The second-order valence-electron chi connectivity index (χ2n) is 8.38. The maximum absolute atomic E-state index is 13.0. The lowest BCUT2D eigenvalue weighted by Crippen LogP contribution is -2.41. The Morgan fingerprint density at radius 1 is 1.27 bits per heavy atom. The zero-order valence-corrected chi connectivity index (χ0v) is 19.7. The van der Waals surface area contributed by atoms with Crippen LogP contribution in [0.4, 0.5) is 15.8 Å². The number of thiazole rings is 1. The Labute approximate surface area is 198 Å². The van der Waals surface area contributed by atoms with E-state index in [1.807, 2.05) is 11.1 Å². The lowest BCUT2D eigenvalue weighted by atomic mass is 10.0. The Balaban J connectivity index is 1.33. The van der Waals surface area contributed by atoms with E-state index >= 15 is 0 Å². The average molecular weight is 469 g/mol. The van der Waals surface area contributed by atoms with Crippen LogP contribution < -0.4 is 10.2 Å². The zero-order chi connectivity index (χ0) is 23.2. The normalized spacial score (nSPS) is 19.1. The number of aromatic nitrogens is 1. The molecule has 1 aromatic heterocycles. The highest BCUT2D eigenvalue weighted by Crippen LogP contribution is 2.36. The van der Waals surface area contributed by atoms with E-state index in [4.69, 9.17) is 10.1 Å². The van der Waals surface area contributed by atoms with E-state index in [9.17, 15) is 9.59 Å². The fourth-order valence-electron chi connectivity index (χ4n) is 4.20. The first-order valence-electron chi connectivity index (χ1n) is 11.3. The number of amides is 2. The van der Waals surface area contributed by atoms with Crippen molar-refractivity contribution in [1.29, 1.82) is 0 Å². The molecule has 2 aliphatic rings. The molecule has 4 rings (SSSR count). The van der Waals surface area contributed by atoms with Crippen LogP contribution in [-0.2, 0) is 9.53 Å². The van der Waals surface area contributed by atoms with Crippen LogP contribution in [0.15, 0.2) is 43.1 Å². The van der Waals surface area contributed by atoms with Crippen LogP contribution in [0.1, 0.15) is 36.0 Å². The first-order chi connectivity index (χ1) is 16.0. The van der Waals surface area contributed by atoms with Crippen LogP contribution in [-0.4, -0.2) is 67.1 Å². The molecule has 2 aromatic rings. The van der Waals surface area contributed by atoms with Crippen LogP contribution in [0.25, 0.3) is 5.32 Å². The second kappa shape index (κ2) is 10.8. The van der Waals surface area contributed by atoms with Crippen molar-refractivity contribution >= 4 is 39.0 Å². The number of anilines is 2. The molecule has 8 nitrogen and oxygen atoms in total. The number of nitrogens with zero attached hydrogens (tertiary/aromatic N) is 4. The van der Waals surface area contributed by atoms with Gasteiger partial charge in [0.15, 0.2) is 0 Å². The Bertz CT molecular complexity index is 971. The summed E-state index contributed by atoms with van der Waals surface area (Å²) in [5.41, 5.74) is 1.23. The van der Waals surface area contributed by atoms with Crippen molar-refractivity contribution < 1.29 is 14.3 Å². The molecular formula is C24H30N5O3S-. The predicted octanol–water partition coefficient (Wildman–Crippen LogP) is 4.19. The molecule has 0 saturated carbocycles. The summed E-state index contributed by atoms with van der Waals surface area (Å²) in [6.07, 6.45) is 7.03. The number of nitrogens with one attached hydrogen (secondary N) is 1. The summed E-state index contributed by atoms with van der Waals surface area (Å²) in [7, 11) is 2.11. The number of carbonyl (C=O) groups excluding carboxylic acids is 2. The molecular weight excluding hydrogens is 438 g/mol. The third-order valence-electron chi connectivity index (χ3n) is 6.13. The van der Waals surface area contributed by atoms with Gasteiger partial charge >= 0.3 is 0 Å². The minimum Gasteiger partial charge on any atom is -0.452 e. The predicted molar refractivity (Wildman–Crippen MR) is 132 cm³/mol. The third kappa shape index (κ3) is 5.91. The highest BCUT2D eigenvalue weighted by atomic mass is 32.1. The Morgan fingerprint density at radius 3 is 2.76 bits per heavy atom. The molecule has 1 N–H and O–H groups in total. The van der Waals surface area contributed by atoms with Crippen LogP contribution in [0, 0.1) is 0 Å². The summed E-state index contributed by atoms with van der Waals surface area (Å²) in [6.45, 7) is 6.36. The van der Waals surface area contributed by atoms with Crippen molar-refractivity contribution in [2.24, 2.45) is 0 Å². The largest absolute Gasteiger partial charge is 0.452 e. The number of rotatable bonds is 7.